The molecule has 1 saturated carbocycles. The van der Waals surface area contributed by atoms with Gasteiger partial charge in [0.1, 0.15) is 0 Å². The predicted molar refractivity (Wildman–Crippen MR) is 74.0 cm³/mol. The standard InChI is InChI=1S/C15H20N2O2/c1-19-15(18)16-13-7-6-11-9-17(10-12(11)8-13)14-4-2-3-5-14/h6-8,14H,2-5,9-10H2,1H3,(H,16,18). The Kier molecular flexibility index (Phi) is 3.42. The number of anilines is 1. The van der Waals surface area contributed by atoms with Crippen molar-refractivity contribution in [2.45, 2.75) is 44.8 Å². The fourth-order valence-corrected chi connectivity index (χ4v) is 3.20. The first-order valence-corrected chi connectivity index (χ1v) is 6.97. The summed E-state index contributed by atoms with van der Waals surface area (Å²) in [6.07, 6.45) is 4.99. The molecule has 1 N–H and O–H groups in total. The lowest BCUT2D eigenvalue weighted by atomic mass is 10.1. The van der Waals surface area contributed by atoms with Gasteiger partial charge in [-0.05, 0) is 36.1 Å². The molecule has 1 aliphatic heterocycles. The number of nitrogens with one attached hydrogen (secondary N) is 1. The number of benzene rings is 1. The third-order valence-electron chi connectivity index (χ3n) is 4.23. The lowest BCUT2D eigenvalue weighted by molar-refractivity contribution is 0.187. The number of carbonyl (C=O) groups is 1. The second-order valence-corrected chi connectivity index (χ2v) is 5.44. The zero-order valence-corrected chi connectivity index (χ0v) is 11.3. The van der Waals surface area contributed by atoms with E-state index in [9.17, 15) is 4.79 Å². The van der Waals surface area contributed by atoms with Crippen LogP contribution in [0.5, 0.6) is 0 Å². The van der Waals surface area contributed by atoms with Gasteiger partial charge in [0.2, 0.25) is 0 Å². The zero-order valence-electron chi connectivity index (χ0n) is 11.3. The summed E-state index contributed by atoms with van der Waals surface area (Å²) < 4.78 is 4.62. The van der Waals surface area contributed by atoms with E-state index in [0.29, 0.717) is 0 Å². The van der Waals surface area contributed by atoms with Crippen LogP contribution in [0.15, 0.2) is 18.2 Å². The first-order valence-electron chi connectivity index (χ1n) is 6.97. The number of carbonyl (C=O) groups excluding carboxylic acids is 1. The van der Waals surface area contributed by atoms with Crippen molar-refractivity contribution in [3.05, 3.63) is 29.3 Å². The van der Waals surface area contributed by atoms with Crippen molar-refractivity contribution in [1.82, 2.24) is 4.90 Å². The van der Waals surface area contributed by atoms with E-state index < -0.39 is 6.09 Å². The molecular formula is C15H20N2O2. The number of hydrogen-bond donors (Lipinski definition) is 1. The van der Waals surface area contributed by atoms with Crippen LogP contribution in [0, 0.1) is 0 Å². The Morgan fingerprint density at radius 1 is 1.26 bits per heavy atom. The lowest BCUT2D eigenvalue weighted by Gasteiger charge is -2.22. The lowest BCUT2D eigenvalue weighted by Crippen LogP contribution is -2.27. The van der Waals surface area contributed by atoms with Gasteiger partial charge in [0.15, 0.2) is 0 Å². The maximum atomic E-state index is 11.2. The third kappa shape index (κ3) is 2.59. The SMILES string of the molecule is COC(=O)Nc1ccc2c(c1)CN(C1CCCC1)C2. The molecule has 0 bridgehead atoms. The summed E-state index contributed by atoms with van der Waals surface area (Å²) in [7, 11) is 1.38. The molecule has 102 valence electrons. The van der Waals surface area contributed by atoms with Gasteiger partial charge in [-0.1, -0.05) is 18.9 Å². The topological polar surface area (TPSA) is 41.6 Å². The number of fused-ring (bicyclic) bond motifs is 1. The molecule has 3 rings (SSSR count). The van der Waals surface area contributed by atoms with Crippen LogP contribution in [0.25, 0.3) is 0 Å². The zero-order chi connectivity index (χ0) is 13.2. The summed E-state index contributed by atoms with van der Waals surface area (Å²) in [6.45, 7) is 2.06. The Labute approximate surface area is 113 Å². The van der Waals surface area contributed by atoms with Gasteiger partial charge in [-0.2, -0.15) is 0 Å². The fraction of sp³-hybridized carbons (Fsp3) is 0.533. The van der Waals surface area contributed by atoms with E-state index in [0.717, 1.165) is 24.8 Å². The Morgan fingerprint density at radius 3 is 2.74 bits per heavy atom. The van der Waals surface area contributed by atoms with Crippen molar-refractivity contribution >= 4 is 11.8 Å². The van der Waals surface area contributed by atoms with Crippen molar-refractivity contribution in [3.8, 4) is 0 Å². The van der Waals surface area contributed by atoms with E-state index in [2.05, 4.69) is 27.1 Å². The van der Waals surface area contributed by atoms with Crippen molar-refractivity contribution < 1.29 is 9.53 Å². The smallest absolute Gasteiger partial charge is 0.411 e. The maximum absolute atomic E-state index is 11.2. The average Bonchev–Trinajstić information content (AvgIpc) is 3.06. The van der Waals surface area contributed by atoms with Crippen LogP contribution < -0.4 is 5.32 Å². The highest BCUT2D eigenvalue weighted by atomic mass is 16.5. The molecule has 4 nitrogen and oxygen atoms in total. The quantitative estimate of drug-likeness (QED) is 0.888. The molecular weight excluding hydrogens is 240 g/mol. The summed E-state index contributed by atoms with van der Waals surface area (Å²) in [5.41, 5.74) is 3.54. The minimum absolute atomic E-state index is 0.411. The average molecular weight is 260 g/mol. The molecule has 1 amide bonds. The Bertz CT molecular complexity index is 481. The number of ether oxygens (including phenoxy) is 1. The molecule has 4 heteroatoms. The number of rotatable bonds is 2. The highest BCUT2D eigenvalue weighted by molar-refractivity contribution is 5.84. The summed E-state index contributed by atoms with van der Waals surface area (Å²) in [6, 6.07) is 6.90. The molecule has 1 heterocycles. The monoisotopic (exact) mass is 260 g/mol. The first-order chi connectivity index (χ1) is 9.26. The summed E-state index contributed by atoms with van der Waals surface area (Å²) in [5.74, 6) is 0. The summed E-state index contributed by atoms with van der Waals surface area (Å²) in [4.78, 5) is 13.8. The molecule has 0 saturated heterocycles. The third-order valence-corrected chi connectivity index (χ3v) is 4.23. The van der Waals surface area contributed by atoms with E-state index in [1.165, 1.54) is 43.9 Å². The van der Waals surface area contributed by atoms with E-state index in [1.807, 2.05) is 6.07 Å². The van der Waals surface area contributed by atoms with Crippen molar-refractivity contribution in [1.29, 1.82) is 0 Å². The van der Waals surface area contributed by atoms with E-state index in [4.69, 9.17) is 0 Å². The van der Waals surface area contributed by atoms with Gasteiger partial charge < -0.3 is 4.74 Å². The molecule has 0 unspecified atom stereocenters. The minimum atomic E-state index is -0.411. The Hall–Kier alpha value is -1.55. The largest absolute Gasteiger partial charge is 0.453 e. The van der Waals surface area contributed by atoms with Gasteiger partial charge in [-0.3, -0.25) is 10.2 Å². The normalized spacial score (nSPS) is 19.4. The van der Waals surface area contributed by atoms with Crippen LogP contribution in [0.1, 0.15) is 36.8 Å². The van der Waals surface area contributed by atoms with E-state index in [-0.39, 0.29) is 0 Å². The molecule has 1 fully saturated rings. The van der Waals surface area contributed by atoms with Gasteiger partial charge in [-0.15, -0.1) is 0 Å². The van der Waals surface area contributed by atoms with Crippen LogP contribution in [0.4, 0.5) is 10.5 Å². The molecule has 0 aromatic heterocycles. The molecule has 0 atom stereocenters. The van der Waals surface area contributed by atoms with Crippen molar-refractivity contribution in [2.24, 2.45) is 0 Å². The van der Waals surface area contributed by atoms with Gasteiger partial charge in [0, 0.05) is 24.8 Å². The van der Waals surface area contributed by atoms with Crippen LogP contribution in [0.2, 0.25) is 0 Å². The molecule has 1 aromatic rings. The van der Waals surface area contributed by atoms with Crippen molar-refractivity contribution in [2.75, 3.05) is 12.4 Å². The van der Waals surface area contributed by atoms with Gasteiger partial charge in [-0.25, -0.2) is 4.79 Å². The Morgan fingerprint density at radius 2 is 2.00 bits per heavy atom. The van der Waals surface area contributed by atoms with Crippen LogP contribution >= 0.6 is 0 Å². The van der Waals surface area contributed by atoms with E-state index in [1.54, 1.807) is 0 Å². The maximum Gasteiger partial charge on any atom is 0.411 e. The van der Waals surface area contributed by atoms with Gasteiger partial charge in [0.25, 0.3) is 0 Å². The summed E-state index contributed by atoms with van der Waals surface area (Å²) in [5, 5.41) is 2.73. The minimum Gasteiger partial charge on any atom is -0.453 e. The highest BCUT2D eigenvalue weighted by Gasteiger charge is 2.28. The highest BCUT2D eigenvalue weighted by Crippen LogP contribution is 2.32. The fourth-order valence-electron chi connectivity index (χ4n) is 3.20. The van der Waals surface area contributed by atoms with Crippen LogP contribution in [-0.2, 0) is 17.8 Å². The number of amides is 1. The molecule has 0 spiro atoms. The molecule has 2 aliphatic rings. The molecule has 1 aromatic carbocycles. The van der Waals surface area contributed by atoms with Crippen LogP contribution in [0.3, 0.4) is 0 Å². The predicted octanol–water partition coefficient (Wildman–Crippen LogP) is 3.12. The van der Waals surface area contributed by atoms with Crippen LogP contribution in [-0.4, -0.2) is 24.1 Å². The first kappa shape index (κ1) is 12.5. The molecule has 1 aliphatic carbocycles. The number of methoxy groups -OCH3 is 1. The second kappa shape index (κ2) is 5.21. The molecule has 19 heavy (non-hydrogen) atoms. The van der Waals surface area contributed by atoms with Gasteiger partial charge in [0.05, 0.1) is 7.11 Å². The van der Waals surface area contributed by atoms with Gasteiger partial charge >= 0.3 is 6.09 Å². The number of nitrogens with zero attached hydrogens (tertiary/aromatic N) is 1. The van der Waals surface area contributed by atoms with Crippen molar-refractivity contribution in [3.63, 3.8) is 0 Å². The Balaban J connectivity index is 1.70. The van der Waals surface area contributed by atoms with E-state index >= 15 is 0 Å². The number of hydrogen-bond acceptors (Lipinski definition) is 3. The second-order valence-electron chi connectivity index (χ2n) is 5.44. The molecule has 0 radical (unpaired) electrons. The summed E-state index contributed by atoms with van der Waals surface area (Å²) >= 11 is 0.